The number of nitrogens with zero attached hydrogens (tertiary/aromatic N) is 1. The number of ether oxygens (including phenoxy) is 1. The Morgan fingerprint density at radius 2 is 1.74 bits per heavy atom. The van der Waals surface area contributed by atoms with Gasteiger partial charge in [0.15, 0.2) is 0 Å². The standard InChI is InChI=1S/C25H31NO/c1-25(2,3)17-9-6-10-18-26(4)21-23-14-11-15-24(20-23)27-19-16-22-12-7-5-8-13-22/h5-8,10-15,20H,16,18-19,21H2,1-4H3. The number of rotatable bonds is 8. The summed E-state index contributed by atoms with van der Waals surface area (Å²) >= 11 is 0. The second-order valence-corrected chi connectivity index (χ2v) is 7.85. The molecule has 0 fully saturated rings. The number of hydrogen-bond donors (Lipinski definition) is 0. The van der Waals surface area contributed by atoms with Crippen LogP contribution in [-0.2, 0) is 13.0 Å². The molecular formula is C25H31NO. The third-order valence-corrected chi connectivity index (χ3v) is 3.92. The lowest BCUT2D eigenvalue weighted by atomic mass is 9.98. The van der Waals surface area contributed by atoms with Crippen LogP contribution in [0.4, 0.5) is 0 Å². The van der Waals surface area contributed by atoms with Crippen molar-refractivity contribution in [2.24, 2.45) is 5.41 Å². The van der Waals surface area contributed by atoms with Crippen molar-refractivity contribution in [3.63, 3.8) is 0 Å². The van der Waals surface area contributed by atoms with Gasteiger partial charge in [0.25, 0.3) is 0 Å². The first kappa shape index (κ1) is 20.8. The molecular weight excluding hydrogens is 330 g/mol. The summed E-state index contributed by atoms with van der Waals surface area (Å²) in [5.74, 6) is 7.26. The largest absolute Gasteiger partial charge is 0.493 e. The van der Waals surface area contributed by atoms with Gasteiger partial charge in [-0.3, -0.25) is 4.90 Å². The Labute approximate surface area is 164 Å². The fraction of sp³-hybridized carbons (Fsp3) is 0.360. The topological polar surface area (TPSA) is 12.5 Å². The molecule has 0 unspecified atom stereocenters. The Kier molecular flexibility index (Phi) is 8.17. The van der Waals surface area contributed by atoms with Crippen LogP contribution in [0.2, 0.25) is 0 Å². The van der Waals surface area contributed by atoms with Crippen molar-refractivity contribution < 1.29 is 4.74 Å². The summed E-state index contributed by atoms with van der Waals surface area (Å²) in [5, 5.41) is 0. The van der Waals surface area contributed by atoms with Crippen molar-refractivity contribution in [2.75, 3.05) is 20.2 Å². The van der Waals surface area contributed by atoms with E-state index in [-0.39, 0.29) is 5.41 Å². The Morgan fingerprint density at radius 3 is 2.48 bits per heavy atom. The summed E-state index contributed by atoms with van der Waals surface area (Å²) < 4.78 is 5.93. The third kappa shape index (κ3) is 9.13. The van der Waals surface area contributed by atoms with Gasteiger partial charge in [0.05, 0.1) is 6.61 Å². The van der Waals surface area contributed by atoms with Crippen LogP contribution in [0, 0.1) is 17.3 Å². The number of allylic oxidation sites excluding steroid dienone is 1. The normalized spacial score (nSPS) is 11.4. The van der Waals surface area contributed by atoms with Gasteiger partial charge < -0.3 is 4.74 Å². The van der Waals surface area contributed by atoms with E-state index in [0.717, 1.165) is 25.3 Å². The van der Waals surface area contributed by atoms with Gasteiger partial charge >= 0.3 is 0 Å². The lowest BCUT2D eigenvalue weighted by Gasteiger charge is -2.15. The highest BCUT2D eigenvalue weighted by Gasteiger charge is 2.03. The van der Waals surface area contributed by atoms with Crippen LogP contribution < -0.4 is 4.74 Å². The van der Waals surface area contributed by atoms with E-state index in [9.17, 15) is 0 Å². The molecule has 27 heavy (non-hydrogen) atoms. The van der Waals surface area contributed by atoms with E-state index < -0.39 is 0 Å². The van der Waals surface area contributed by atoms with Crippen molar-refractivity contribution in [1.82, 2.24) is 4.90 Å². The highest BCUT2D eigenvalue weighted by atomic mass is 16.5. The van der Waals surface area contributed by atoms with E-state index in [1.54, 1.807) is 0 Å². The maximum absolute atomic E-state index is 5.93. The molecule has 0 aliphatic heterocycles. The molecule has 0 saturated carbocycles. The zero-order valence-corrected chi connectivity index (χ0v) is 17.0. The predicted octanol–water partition coefficient (Wildman–Crippen LogP) is 5.35. The van der Waals surface area contributed by atoms with Gasteiger partial charge in [-0.25, -0.2) is 0 Å². The highest BCUT2D eigenvalue weighted by Crippen LogP contribution is 2.15. The molecule has 0 radical (unpaired) electrons. The van der Waals surface area contributed by atoms with Gasteiger partial charge in [-0.1, -0.05) is 60.4 Å². The van der Waals surface area contributed by atoms with E-state index in [2.05, 4.69) is 93.1 Å². The van der Waals surface area contributed by atoms with Crippen molar-refractivity contribution in [3.8, 4) is 17.6 Å². The SMILES string of the molecule is CN(CC=CC#CC(C)(C)C)Cc1cccc(OCCc2ccccc2)c1. The molecule has 2 aromatic carbocycles. The number of benzene rings is 2. The summed E-state index contributed by atoms with van der Waals surface area (Å²) in [6, 6.07) is 18.8. The Hall–Kier alpha value is -2.50. The van der Waals surface area contributed by atoms with Gasteiger partial charge in [0.1, 0.15) is 5.75 Å². The van der Waals surface area contributed by atoms with Gasteiger partial charge in [0.2, 0.25) is 0 Å². The molecule has 0 aliphatic carbocycles. The van der Waals surface area contributed by atoms with Crippen LogP contribution in [0.1, 0.15) is 31.9 Å². The van der Waals surface area contributed by atoms with Crippen molar-refractivity contribution in [2.45, 2.75) is 33.7 Å². The molecule has 0 N–H and O–H groups in total. The molecule has 2 rings (SSSR count). The fourth-order valence-electron chi connectivity index (χ4n) is 2.59. The zero-order valence-electron chi connectivity index (χ0n) is 17.0. The number of likely N-dealkylation sites (N-methyl/N-ethyl adjacent to an activating group) is 1. The average Bonchev–Trinajstić information content (AvgIpc) is 2.62. The first-order chi connectivity index (χ1) is 12.9. The van der Waals surface area contributed by atoms with Crippen LogP contribution in [0.3, 0.4) is 0 Å². The molecule has 2 aromatic rings. The molecule has 0 amide bonds. The second-order valence-electron chi connectivity index (χ2n) is 7.85. The van der Waals surface area contributed by atoms with E-state index >= 15 is 0 Å². The highest BCUT2D eigenvalue weighted by molar-refractivity contribution is 5.28. The maximum atomic E-state index is 5.93. The molecule has 142 valence electrons. The number of hydrogen-bond acceptors (Lipinski definition) is 2. The molecule has 0 bridgehead atoms. The second kappa shape index (κ2) is 10.6. The van der Waals surface area contributed by atoms with Crippen LogP contribution in [0.15, 0.2) is 66.7 Å². The first-order valence-corrected chi connectivity index (χ1v) is 9.54. The van der Waals surface area contributed by atoms with E-state index in [1.165, 1.54) is 11.1 Å². The van der Waals surface area contributed by atoms with Gasteiger partial charge in [-0.15, -0.1) is 0 Å². The quantitative estimate of drug-likeness (QED) is 0.588. The first-order valence-electron chi connectivity index (χ1n) is 9.54. The molecule has 0 aliphatic rings. The van der Waals surface area contributed by atoms with Gasteiger partial charge in [-0.2, -0.15) is 0 Å². The molecule has 0 saturated heterocycles. The minimum Gasteiger partial charge on any atom is -0.493 e. The summed E-state index contributed by atoms with van der Waals surface area (Å²) in [6.07, 6.45) is 4.98. The predicted molar refractivity (Wildman–Crippen MR) is 115 cm³/mol. The summed E-state index contributed by atoms with van der Waals surface area (Å²) in [6.45, 7) is 8.81. The summed E-state index contributed by atoms with van der Waals surface area (Å²) in [7, 11) is 2.12. The Morgan fingerprint density at radius 1 is 1.00 bits per heavy atom. The van der Waals surface area contributed by atoms with Gasteiger partial charge in [0, 0.05) is 24.9 Å². The third-order valence-electron chi connectivity index (χ3n) is 3.92. The monoisotopic (exact) mass is 361 g/mol. The average molecular weight is 362 g/mol. The van der Waals surface area contributed by atoms with Crippen LogP contribution in [0.5, 0.6) is 5.75 Å². The van der Waals surface area contributed by atoms with Crippen LogP contribution in [0.25, 0.3) is 0 Å². The molecule has 0 aromatic heterocycles. The van der Waals surface area contributed by atoms with E-state index in [0.29, 0.717) is 6.61 Å². The van der Waals surface area contributed by atoms with Crippen molar-refractivity contribution in [1.29, 1.82) is 0 Å². The zero-order chi connectivity index (χ0) is 19.5. The molecule has 2 heteroatoms. The van der Waals surface area contributed by atoms with Crippen LogP contribution in [-0.4, -0.2) is 25.1 Å². The smallest absolute Gasteiger partial charge is 0.119 e. The minimum atomic E-state index is 0.0528. The minimum absolute atomic E-state index is 0.0528. The summed E-state index contributed by atoms with van der Waals surface area (Å²) in [4.78, 5) is 2.26. The van der Waals surface area contributed by atoms with Gasteiger partial charge in [-0.05, 0) is 57.2 Å². The Bertz CT molecular complexity index is 775. The molecule has 0 atom stereocenters. The fourth-order valence-corrected chi connectivity index (χ4v) is 2.59. The van der Waals surface area contributed by atoms with E-state index in [4.69, 9.17) is 4.74 Å². The molecule has 2 nitrogen and oxygen atoms in total. The summed E-state index contributed by atoms with van der Waals surface area (Å²) in [5.41, 5.74) is 2.61. The molecule has 0 heterocycles. The molecule has 0 spiro atoms. The lowest BCUT2D eigenvalue weighted by molar-refractivity contribution is 0.319. The maximum Gasteiger partial charge on any atom is 0.119 e. The Balaban J connectivity index is 1.78. The van der Waals surface area contributed by atoms with Crippen molar-refractivity contribution in [3.05, 3.63) is 77.9 Å². The lowest BCUT2D eigenvalue weighted by Crippen LogP contribution is -2.17. The van der Waals surface area contributed by atoms with Crippen LogP contribution >= 0.6 is 0 Å². The van der Waals surface area contributed by atoms with E-state index in [1.807, 2.05) is 18.2 Å². The van der Waals surface area contributed by atoms with Crippen molar-refractivity contribution >= 4 is 0 Å².